The molecule has 0 aliphatic carbocycles. The summed E-state index contributed by atoms with van der Waals surface area (Å²) in [5, 5.41) is 19.8. The van der Waals surface area contributed by atoms with Crippen molar-refractivity contribution in [2.75, 3.05) is 11.9 Å². The lowest BCUT2D eigenvalue weighted by Crippen LogP contribution is -2.25. The number of hydrogen-bond donors (Lipinski definition) is 2. The van der Waals surface area contributed by atoms with Crippen LogP contribution in [0.1, 0.15) is 0 Å². The third-order valence-corrected chi connectivity index (χ3v) is 4.05. The quantitative estimate of drug-likeness (QED) is 0.746. The zero-order chi connectivity index (χ0) is 14.7. The van der Waals surface area contributed by atoms with Gasteiger partial charge in [-0.2, -0.15) is 5.10 Å². The van der Waals surface area contributed by atoms with Crippen molar-refractivity contribution in [3.8, 4) is 0 Å². The van der Waals surface area contributed by atoms with Crippen LogP contribution >= 0.6 is 15.9 Å². The smallest absolute Gasteiger partial charge is 0.0907 e. The molecule has 0 aliphatic heterocycles. The van der Waals surface area contributed by atoms with Crippen LogP contribution in [0.2, 0.25) is 0 Å². The molecule has 2 aromatic carbocycles. The van der Waals surface area contributed by atoms with E-state index in [0.717, 1.165) is 20.9 Å². The van der Waals surface area contributed by atoms with Gasteiger partial charge in [-0.05, 0) is 23.6 Å². The maximum Gasteiger partial charge on any atom is 0.0907 e. The summed E-state index contributed by atoms with van der Waals surface area (Å²) in [5.74, 6) is 0. The van der Waals surface area contributed by atoms with Crippen LogP contribution in [0.15, 0.2) is 59.3 Å². The molecule has 1 atom stereocenters. The van der Waals surface area contributed by atoms with E-state index in [1.165, 1.54) is 0 Å². The molecule has 0 saturated heterocycles. The molecule has 0 fully saturated rings. The normalized spacial score (nSPS) is 12.5. The van der Waals surface area contributed by atoms with E-state index in [4.69, 9.17) is 0 Å². The topological polar surface area (TPSA) is 50.1 Å². The fourth-order valence-electron chi connectivity index (χ4n) is 2.33. The molecule has 21 heavy (non-hydrogen) atoms. The molecule has 1 unspecified atom stereocenters. The molecular weight excluding hydrogens is 330 g/mol. The molecule has 0 bridgehead atoms. The Morgan fingerprint density at radius 1 is 1.14 bits per heavy atom. The first-order valence-electron chi connectivity index (χ1n) is 6.80. The van der Waals surface area contributed by atoms with Crippen LogP contribution in [-0.4, -0.2) is 27.5 Å². The first-order valence-corrected chi connectivity index (χ1v) is 7.60. The van der Waals surface area contributed by atoms with Crippen molar-refractivity contribution in [3.05, 3.63) is 59.3 Å². The fourth-order valence-corrected chi connectivity index (χ4v) is 2.81. The van der Waals surface area contributed by atoms with Crippen LogP contribution in [0.4, 0.5) is 5.69 Å². The number of rotatable bonds is 5. The number of anilines is 1. The van der Waals surface area contributed by atoms with Crippen molar-refractivity contribution in [1.82, 2.24) is 9.78 Å². The lowest BCUT2D eigenvalue weighted by atomic mass is 10.1. The maximum atomic E-state index is 10.1. The Labute approximate surface area is 131 Å². The Kier molecular flexibility index (Phi) is 4.22. The summed E-state index contributed by atoms with van der Waals surface area (Å²) >= 11 is 3.56. The first kappa shape index (κ1) is 14.1. The van der Waals surface area contributed by atoms with Crippen LogP contribution < -0.4 is 5.32 Å². The number of nitrogens with one attached hydrogen (secondary N) is 1. The molecule has 0 radical (unpaired) electrons. The number of aromatic nitrogens is 2. The van der Waals surface area contributed by atoms with Crippen molar-refractivity contribution in [3.63, 3.8) is 0 Å². The van der Waals surface area contributed by atoms with Gasteiger partial charge in [-0.25, -0.2) is 0 Å². The number of aliphatic hydroxyl groups is 1. The average Bonchev–Trinajstić information content (AvgIpc) is 3.00. The first-order chi connectivity index (χ1) is 10.2. The Hall–Kier alpha value is -1.85. The highest BCUT2D eigenvalue weighted by Gasteiger charge is 2.08. The lowest BCUT2D eigenvalue weighted by molar-refractivity contribution is 0.161. The molecule has 0 amide bonds. The molecule has 3 aromatic rings. The largest absolute Gasteiger partial charge is 0.389 e. The molecule has 1 heterocycles. The Morgan fingerprint density at radius 2 is 1.95 bits per heavy atom. The summed E-state index contributed by atoms with van der Waals surface area (Å²) in [5.41, 5.74) is 1.02. The van der Waals surface area contributed by atoms with E-state index in [2.05, 4.69) is 38.5 Å². The lowest BCUT2D eigenvalue weighted by Gasteiger charge is -2.15. The second kappa shape index (κ2) is 6.28. The Balaban J connectivity index is 1.72. The standard InChI is InChI=1S/C16H16BrN3O/c17-15-6-7-16(14-5-2-1-4-13(14)15)18-10-12(21)11-20-9-3-8-19-20/h1-9,12,18,21H,10-11H2. The van der Waals surface area contributed by atoms with Gasteiger partial charge < -0.3 is 10.4 Å². The highest BCUT2D eigenvalue weighted by Crippen LogP contribution is 2.29. The van der Waals surface area contributed by atoms with Crippen molar-refractivity contribution >= 4 is 32.4 Å². The minimum atomic E-state index is -0.493. The van der Waals surface area contributed by atoms with Crippen molar-refractivity contribution in [2.45, 2.75) is 12.6 Å². The van der Waals surface area contributed by atoms with Gasteiger partial charge in [0.25, 0.3) is 0 Å². The second-order valence-electron chi connectivity index (χ2n) is 4.90. The SMILES string of the molecule is OC(CNc1ccc(Br)c2ccccc12)Cn1cccn1. The van der Waals surface area contributed by atoms with Crippen LogP contribution in [0.25, 0.3) is 10.8 Å². The average molecular weight is 346 g/mol. The molecule has 2 N–H and O–H groups in total. The number of hydrogen-bond acceptors (Lipinski definition) is 3. The summed E-state index contributed by atoms with van der Waals surface area (Å²) in [6.07, 6.45) is 3.06. The van der Waals surface area contributed by atoms with Gasteiger partial charge in [-0.15, -0.1) is 0 Å². The molecule has 3 rings (SSSR count). The molecule has 1 aromatic heterocycles. The number of halogens is 1. The summed E-state index contributed by atoms with van der Waals surface area (Å²) in [4.78, 5) is 0. The van der Waals surface area contributed by atoms with Gasteiger partial charge in [0, 0.05) is 34.5 Å². The molecule has 5 heteroatoms. The zero-order valence-electron chi connectivity index (χ0n) is 11.4. The van der Waals surface area contributed by atoms with Crippen molar-refractivity contribution < 1.29 is 5.11 Å². The van der Waals surface area contributed by atoms with E-state index in [0.29, 0.717) is 13.1 Å². The molecule has 4 nitrogen and oxygen atoms in total. The molecule has 108 valence electrons. The van der Waals surface area contributed by atoms with E-state index in [-0.39, 0.29) is 0 Å². The number of benzene rings is 2. The maximum absolute atomic E-state index is 10.1. The fraction of sp³-hybridized carbons (Fsp3) is 0.188. The van der Waals surface area contributed by atoms with E-state index in [1.807, 2.05) is 36.5 Å². The Morgan fingerprint density at radius 3 is 2.71 bits per heavy atom. The van der Waals surface area contributed by atoms with Gasteiger partial charge in [-0.3, -0.25) is 4.68 Å². The van der Waals surface area contributed by atoms with Crippen molar-refractivity contribution in [2.24, 2.45) is 0 Å². The van der Waals surface area contributed by atoms with Gasteiger partial charge in [0.05, 0.1) is 12.6 Å². The van der Waals surface area contributed by atoms with Gasteiger partial charge >= 0.3 is 0 Å². The monoisotopic (exact) mass is 345 g/mol. The molecule has 0 aliphatic rings. The third kappa shape index (κ3) is 3.25. The van der Waals surface area contributed by atoms with Crippen LogP contribution in [0.5, 0.6) is 0 Å². The van der Waals surface area contributed by atoms with Crippen LogP contribution in [0.3, 0.4) is 0 Å². The molecule has 0 saturated carbocycles. The summed E-state index contributed by atoms with van der Waals surface area (Å²) in [6, 6.07) is 14.1. The number of nitrogens with zero attached hydrogens (tertiary/aromatic N) is 2. The van der Waals surface area contributed by atoms with Gasteiger partial charge in [0.1, 0.15) is 0 Å². The highest BCUT2D eigenvalue weighted by atomic mass is 79.9. The van der Waals surface area contributed by atoms with Crippen molar-refractivity contribution in [1.29, 1.82) is 0 Å². The van der Waals surface area contributed by atoms with E-state index >= 15 is 0 Å². The van der Waals surface area contributed by atoms with E-state index < -0.39 is 6.10 Å². The highest BCUT2D eigenvalue weighted by molar-refractivity contribution is 9.10. The van der Waals surface area contributed by atoms with E-state index in [1.54, 1.807) is 10.9 Å². The molecule has 0 spiro atoms. The second-order valence-corrected chi connectivity index (χ2v) is 5.76. The summed E-state index contributed by atoms with van der Waals surface area (Å²) < 4.78 is 2.80. The number of aliphatic hydroxyl groups excluding tert-OH is 1. The minimum absolute atomic E-state index is 0.478. The Bertz CT molecular complexity index is 727. The van der Waals surface area contributed by atoms with E-state index in [9.17, 15) is 5.11 Å². The number of fused-ring (bicyclic) bond motifs is 1. The van der Waals surface area contributed by atoms with Gasteiger partial charge in [-0.1, -0.05) is 40.2 Å². The summed E-state index contributed by atoms with van der Waals surface area (Å²) in [7, 11) is 0. The minimum Gasteiger partial charge on any atom is -0.389 e. The third-order valence-electron chi connectivity index (χ3n) is 3.36. The zero-order valence-corrected chi connectivity index (χ0v) is 13.0. The van der Waals surface area contributed by atoms with Crippen LogP contribution in [-0.2, 0) is 6.54 Å². The predicted octanol–water partition coefficient (Wildman–Crippen LogP) is 3.27. The molecular formula is C16H16BrN3O. The summed E-state index contributed by atoms with van der Waals surface area (Å²) in [6.45, 7) is 0.958. The van der Waals surface area contributed by atoms with Gasteiger partial charge in [0.15, 0.2) is 0 Å². The van der Waals surface area contributed by atoms with Gasteiger partial charge in [0.2, 0.25) is 0 Å². The van der Waals surface area contributed by atoms with Crippen LogP contribution in [0, 0.1) is 0 Å². The predicted molar refractivity (Wildman–Crippen MR) is 88.4 cm³/mol.